The van der Waals surface area contributed by atoms with Gasteiger partial charge in [0.05, 0.1) is 5.60 Å². The fraction of sp³-hybridized carbons (Fsp3) is 0.625. The average molecular weight is 681 g/mol. The Balaban J connectivity index is 2.13. The number of halogens is 12. The highest BCUT2D eigenvalue weighted by Crippen LogP contribution is 2.69. The molecule has 0 bridgehead atoms. The van der Waals surface area contributed by atoms with E-state index in [0.29, 0.717) is 12.5 Å². The van der Waals surface area contributed by atoms with Gasteiger partial charge in [0.1, 0.15) is 5.75 Å². The molecule has 0 N–H and O–H groups in total. The van der Waals surface area contributed by atoms with Crippen LogP contribution < -0.4 is 4.74 Å². The lowest BCUT2D eigenvalue weighted by Gasteiger charge is -2.57. The number of hydrogen-bond acceptors (Lipinski definition) is 2. The normalized spacial score (nSPS) is 24.7. The van der Waals surface area contributed by atoms with Crippen molar-refractivity contribution in [3.05, 3.63) is 65.2 Å². The molecule has 1 fully saturated rings. The summed E-state index contributed by atoms with van der Waals surface area (Å²) < 4.78 is 185. The van der Waals surface area contributed by atoms with Crippen molar-refractivity contribution in [3.8, 4) is 5.75 Å². The van der Waals surface area contributed by atoms with Crippen molar-refractivity contribution in [2.45, 2.75) is 114 Å². The number of hydrogen-bond donors (Lipinski definition) is 0. The first-order valence-corrected chi connectivity index (χ1v) is 14.7. The summed E-state index contributed by atoms with van der Waals surface area (Å²) in [6, 6.07) is 4.76. The Morgan fingerprint density at radius 3 is 1.67 bits per heavy atom. The Morgan fingerprint density at radius 2 is 1.22 bits per heavy atom. The van der Waals surface area contributed by atoms with E-state index in [1.54, 1.807) is 0 Å². The summed E-state index contributed by atoms with van der Waals surface area (Å²) in [7, 11) is 0. The summed E-state index contributed by atoms with van der Waals surface area (Å²) in [5.74, 6) is -23.0. The molecule has 4 atom stereocenters. The number of benzene rings is 2. The van der Waals surface area contributed by atoms with E-state index in [1.165, 1.54) is 13.0 Å². The van der Waals surface area contributed by atoms with Gasteiger partial charge in [0.15, 0.2) is 0 Å². The summed E-state index contributed by atoms with van der Waals surface area (Å²) in [4.78, 5) is 0. The van der Waals surface area contributed by atoms with E-state index in [1.807, 2.05) is 20.8 Å². The second kappa shape index (κ2) is 12.1. The zero-order valence-corrected chi connectivity index (χ0v) is 26.0. The molecule has 2 aromatic rings. The maximum absolute atomic E-state index is 15.5. The van der Waals surface area contributed by atoms with E-state index in [2.05, 4.69) is 9.47 Å². The van der Waals surface area contributed by atoms with Crippen LogP contribution in [0.4, 0.5) is 52.7 Å². The molecule has 4 unspecified atom stereocenters. The molecule has 0 aromatic heterocycles. The Kier molecular flexibility index (Phi) is 9.95. The van der Waals surface area contributed by atoms with Gasteiger partial charge in [0.25, 0.3) is 0 Å². The highest BCUT2D eigenvalue weighted by atomic mass is 19.4. The molecule has 46 heavy (non-hydrogen) atoms. The lowest BCUT2D eigenvalue weighted by atomic mass is 9.72. The van der Waals surface area contributed by atoms with Gasteiger partial charge in [-0.15, -0.1) is 0 Å². The Hall–Kier alpha value is -2.64. The van der Waals surface area contributed by atoms with Crippen LogP contribution in [0.1, 0.15) is 77.5 Å². The van der Waals surface area contributed by atoms with Crippen molar-refractivity contribution >= 4 is 0 Å². The second-order valence-electron chi connectivity index (χ2n) is 12.4. The van der Waals surface area contributed by atoms with Gasteiger partial charge in [-0.25, -0.2) is 0 Å². The minimum atomic E-state index is -6.02. The van der Waals surface area contributed by atoms with Crippen molar-refractivity contribution in [2.75, 3.05) is 0 Å². The van der Waals surface area contributed by atoms with Crippen LogP contribution in [0.3, 0.4) is 0 Å². The molecule has 14 heteroatoms. The van der Waals surface area contributed by atoms with Crippen LogP contribution in [-0.4, -0.2) is 41.5 Å². The zero-order chi connectivity index (χ0) is 35.4. The molecule has 1 aliphatic carbocycles. The van der Waals surface area contributed by atoms with Crippen molar-refractivity contribution in [3.63, 3.8) is 0 Å². The summed E-state index contributed by atoms with van der Waals surface area (Å²) in [5, 5.41) is 0. The fourth-order valence-corrected chi connectivity index (χ4v) is 5.69. The first kappa shape index (κ1) is 37.8. The van der Waals surface area contributed by atoms with Crippen LogP contribution in [0.15, 0.2) is 48.5 Å². The highest BCUT2D eigenvalue weighted by Gasteiger charge is 3.02. The predicted molar refractivity (Wildman–Crippen MR) is 146 cm³/mol. The monoisotopic (exact) mass is 680 g/mol. The van der Waals surface area contributed by atoms with Gasteiger partial charge in [-0.05, 0) is 67.3 Å². The van der Waals surface area contributed by atoms with Crippen LogP contribution in [-0.2, 0) is 16.6 Å². The fourth-order valence-electron chi connectivity index (χ4n) is 5.69. The molecule has 0 amide bonds. The van der Waals surface area contributed by atoms with Gasteiger partial charge in [-0.1, -0.05) is 76.9 Å². The van der Waals surface area contributed by atoms with Gasteiger partial charge in [-0.3, -0.25) is 0 Å². The number of alkyl halides is 12. The quantitative estimate of drug-likeness (QED) is 0.208. The summed E-state index contributed by atoms with van der Waals surface area (Å²) in [6.45, 7) is 8.99. The molecular formula is C32H36F12O2. The smallest absolute Gasteiger partial charge is 0.411 e. The van der Waals surface area contributed by atoms with Gasteiger partial charge in [-0.2, -0.15) is 52.7 Å². The lowest BCUT2D eigenvalue weighted by molar-refractivity contribution is -0.552. The van der Waals surface area contributed by atoms with Crippen LogP contribution in [0, 0.1) is 11.8 Å². The first-order valence-electron chi connectivity index (χ1n) is 14.7. The molecule has 2 aromatic carbocycles. The molecule has 2 nitrogen and oxygen atoms in total. The van der Waals surface area contributed by atoms with E-state index in [9.17, 15) is 43.9 Å². The molecule has 0 radical (unpaired) electrons. The minimum Gasteiger partial charge on any atom is -0.448 e. The zero-order valence-electron chi connectivity index (χ0n) is 26.0. The SMILES string of the molecule is CCC(C)C(CC)Cc1cccc(C(c2ccc(OC3(F)C(F)(F)C(F)(F)C3(F)OC(C)(C)CC)cc2)(C(F)(F)F)C(F)(F)F)c1. The molecule has 0 spiro atoms. The molecule has 0 saturated heterocycles. The van der Waals surface area contributed by atoms with Gasteiger partial charge in [0.2, 0.25) is 5.41 Å². The predicted octanol–water partition coefficient (Wildman–Crippen LogP) is 10.9. The molecule has 260 valence electrons. The third-order valence-corrected chi connectivity index (χ3v) is 9.11. The summed E-state index contributed by atoms with van der Waals surface area (Å²) in [6.07, 6.45) is -10.8. The molecular weight excluding hydrogens is 644 g/mol. The first-order chi connectivity index (χ1) is 20.8. The number of ether oxygens (including phenoxy) is 2. The minimum absolute atomic E-state index is 0.0395. The third-order valence-electron chi connectivity index (χ3n) is 9.11. The summed E-state index contributed by atoms with van der Waals surface area (Å²) >= 11 is 0. The molecule has 3 rings (SSSR count). The molecule has 0 heterocycles. The lowest BCUT2D eigenvalue weighted by Crippen LogP contribution is -2.89. The van der Waals surface area contributed by atoms with Crippen LogP contribution in [0.5, 0.6) is 5.75 Å². The van der Waals surface area contributed by atoms with Crippen molar-refractivity contribution in [1.82, 2.24) is 0 Å². The maximum Gasteiger partial charge on any atom is 0.411 e. The highest BCUT2D eigenvalue weighted by molar-refractivity contribution is 5.47. The Morgan fingerprint density at radius 1 is 0.696 bits per heavy atom. The van der Waals surface area contributed by atoms with E-state index < -0.39 is 63.8 Å². The van der Waals surface area contributed by atoms with E-state index in [-0.39, 0.29) is 54.5 Å². The van der Waals surface area contributed by atoms with Crippen LogP contribution in [0.2, 0.25) is 0 Å². The second-order valence-corrected chi connectivity index (χ2v) is 12.4. The van der Waals surface area contributed by atoms with E-state index >= 15 is 8.78 Å². The maximum atomic E-state index is 15.5. The third kappa shape index (κ3) is 5.63. The van der Waals surface area contributed by atoms with E-state index in [0.717, 1.165) is 32.4 Å². The largest absolute Gasteiger partial charge is 0.448 e. The molecule has 1 aliphatic rings. The van der Waals surface area contributed by atoms with Gasteiger partial charge in [0, 0.05) is 0 Å². The van der Waals surface area contributed by atoms with Gasteiger partial charge >= 0.3 is 35.9 Å². The molecule has 1 saturated carbocycles. The standard InChI is InChI=1S/C32H36F12O2/c1-7-19(4)21(8-2)17-20-11-10-12-23(18-20)26(31(39,40)41,32(42,43)44)22-13-15-24(16-14-22)45-29(37)27(33,34)28(35,36)30(29,38)46-25(5,6)9-3/h10-16,18-19,21H,7-9,17H2,1-6H3. The average Bonchev–Trinajstić information content (AvgIpc) is 2.94. The van der Waals surface area contributed by atoms with Crippen LogP contribution in [0.25, 0.3) is 0 Å². The topological polar surface area (TPSA) is 18.5 Å². The van der Waals surface area contributed by atoms with Crippen LogP contribution >= 0.6 is 0 Å². The van der Waals surface area contributed by atoms with Crippen molar-refractivity contribution < 1.29 is 62.2 Å². The Labute approximate surface area is 259 Å². The summed E-state index contributed by atoms with van der Waals surface area (Å²) in [5.41, 5.74) is -9.02. The van der Waals surface area contributed by atoms with E-state index in [4.69, 9.17) is 0 Å². The van der Waals surface area contributed by atoms with Crippen molar-refractivity contribution in [1.29, 1.82) is 0 Å². The molecule has 0 aliphatic heterocycles. The van der Waals surface area contributed by atoms with Crippen molar-refractivity contribution in [2.24, 2.45) is 11.8 Å². The van der Waals surface area contributed by atoms with Gasteiger partial charge < -0.3 is 9.47 Å². The number of rotatable bonds is 12. The Bertz CT molecular complexity index is 1340.